The van der Waals surface area contributed by atoms with Crippen LogP contribution >= 0.6 is 0 Å². The van der Waals surface area contributed by atoms with Crippen molar-refractivity contribution in [1.29, 1.82) is 0 Å². The van der Waals surface area contributed by atoms with Crippen LogP contribution in [0.3, 0.4) is 0 Å². The molecule has 0 saturated carbocycles. The SMILES string of the molecule is CCCCCCCCCCCC1=NCCN1CCOCC. The third-order valence-corrected chi connectivity index (χ3v) is 4.24. The van der Waals surface area contributed by atoms with E-state index in [2.05, 4.69) is 23.7 Å². The summed E-state index contributed by atoms with van der Waals surface area (Å²) < 4.78 is 5.44. The fourth-order valence-electron chi connectivity index (χ4n) is 2.92. The standard InChI is InChI=1S/C18H36N2O/c1-3-5-6-7-8-9-10-11-12-13-18-19-14-15-20(18)16-17-21-4-2/h3-17H2,1-2H3. The number of ether oxygens (including phenoxy) is 1. The molecule has 0 saturated heterocycles. The first-order valence-electron chi connectivity index (χ1n) is 9.24. The van der Waals surface area contributed by atoms with Crippen LogP contribution in [0, 0.1) is 0 Å². The summed E-state index contributed by atoms with van der Waals surface area (Å²) >= 11 is 0. The second kappa shape index (κ2) is 13.1. The van der Waals surface area contributed by atoms with E-state index in [0.29, 0.717) is 0 Å². The average Bonchev–Trinajstić information content (AvgIpc) is 2.93. The van der Waals surface area contributed by atoms with Gasteiger partial charge in [-0.25, -0.2) is 0 Å². The maximum Gasteiger partial charge on any atom is 0.0991 e. The summed E-state index contributed by atoms with van der Waals surface area (Å²) in [5.74, 6) is 1.33. The topological polar surface area (TPSA) is 24.8 Å². The fourth-order valence-corrected chi connectivity index (χ4v) is 2.92. The molecule has 0 radical (unpaired) electrons. The second-order valence-corrected chi connectivity index (χ2v) is 6.06. The van der Waals surface area contributed by atoms with Gasteiger partial charge in [0.2, 0.25) is 0 Å². The number of rotatable bonds is 14. The lowest BCUT2D eigenvalue weighted by Gasteiger charge is -2.20. The van der Waals surface area contributed by atoms with Crippen LogP contribution in [0.2, 0.25) is 0 Å². The van der Waals surface area contributed by atoms with E-state index in [1.54, 1.807) is 0 Å². The van der Waals surface area contributed by atoms with E-state index in [9.17, 15) is 0 Å². The smallest absolute Gasteiger partial charge is 0.0991 e. The number of hydrogen-bond acceptors (Lipinski definition) is 3. The molecule has 0 unspecified atom stereocenters. The molecule has 0 fully saturated rings. The lowest BCUT2D eigenvalue weighted by Crippen LogP contribution is -2.31. The number of amidine groups is 1. The van der Waals surface area contributed by atoms with Gasteiger partial charge >= 0.3 is 0 Å². The average molecular weight is 296 g/mol. The highest BCUT2D eigenvalue weighted by Crippen LogP contribution is 2.13. The highest BCUT2D eigenvalue weighted by atomic mass is 16.5. The summed E-state index contributed by atoms with van der Waals surface area (Å²) in [7, 11) is 0. The largest absolute Gasteiger partial charge is 0.380 e. The van der Waals surface area contributed by atoms with E-state index < -0.39 is 0 Å². The van der Waals surface area contributed by atoms with Crippen molar-refractivity contribution in [3.05, 3.63) is 0 Å². The zero-order valence-corrected chi connectivity index (χ0v) is 14.4. The van der Waals surface area contributed by atoms with Crippen LogP contribution < -0.4 is 0 Å². The molecule has 1 aliphatic rings. The monoisotopic (exact) mass is 296 g/mol. The van der Waals surface area contributed by atoms with Crippen molar-refractivity contribution in [3.63, 3.8) is 0 Å². The van der Waals surface area contributed by atoms with Gasteiger partial charge in [0, 0.05) is 26.1 Å². The molecule has 1 heterocycles. The molecule has 0 bridgehead atoms. The molecule has 0 aliphatic carbocycles. The van der Waals surface area contributed by atoms with Crippen LogP contribution in [0.1, 0.15) is 78.1 Å². The molecule has 3 nitrogen and oxygen atoms in total. The van der Waals surface area contributed by atoms with Crippen LogP contribution in [-0.4, -0.2) is 43.6 Å². The summed E-state index contributed by atoms with van der Waals surface area (Å²) in [6, 6.07) is 0. The first-order chi connectivity index (χ1) is 10.4. The van der Waals surface area contributed by atoms with E-state index in [0.717, 1.165) is 32.8 Å². The van der Waals surface area contributed by atoms with Crippen LogP contribution in [0.5, 0.6) is 0 Å². The quantitative estimate of drug-likeness (QED) is 0.436. The predicted molar refractivity (Wildman–Crippen MR) is 92.2 cm³/mol. The highest BCUT2D eigenvalue weighted by molar-refractivity contribution is 5.83. The summed E-state index contributed by atoms with van der Waals surface area (Å²) in [6.45, 7) is 9.10. The maximum atomic E-state index is 5.44. The molecule has 0 aromatic rings. The second-order valence-electron chi connectivity index (χ2n) is 6.06. The van der Waals surface area contributed by atoms with Crippen molar-refractivity contribution in [3.8, 4) is 0 Å². The Kier molecular flexibility index (Phi) is 11.5. The van der Waals surface area contributed by atoms with E-state index in [-0.39, 0.29) is 0 Å². The fraction of sp³-hybridized carbons (Fsp3) is 0.944. The molecule has 1 aliphatic heterocycles. The van der Waals surface area contributed by atoms with Crippen LogP contribution in [0.25, 0.3) is 0 Å². The van der Waals surface area contributed by atoms with Gasteiger partial charge in [0.15, 0.2) is 0 Å². The van der Waals surface area contributed by atoms with E-state index in [1.165, 1.54) is 70.0 Å². The van der Waals surface area contributed by atoms with Gasteiger partial charge in [0.05, 0.1) is 19.0 Å². The molecule has 0 aromatic heterocycles. The van der Waals surface area contributed by atoms with Crippen molar-refractivity contribution in [1.82, 2.24) is 4.90 Å². The number of hydrogen-bond donors (Lipinski definition) is 0. The number of nitrogens with zero attached hydrogens (tertiary/aromatic N) is 2. The van der Waals surface area contributed by atoms with Crippen molar-refractivity contribution in [2.45, 2.75) is 78.1 Å². The van der Waals surface area contributed by atoms with Crippen molar-refractivity contribution >= 4 is 5.84 Å². The number of aliphatic imine (C=N–C) groups is 1. The molecule has 1 rings (SSSR count). The normalized spacial score (nSPS) is 14.8. The molecular formula is C18H36N2O. The third kappa shape index (κ3) is 9.13. The van der Waals surface area contributed by atoms with Gasteiger partial charge in [-0.05, 0) is 13.3 Å². The summed E-state index contributed by atoms with van der Waals surface area (Å²) in [4.78, 5) is 7.07. The first kappa shape index (κ1) is 18.5. The summed E-state index contributed by atoms with van der Waals surface area (Å²) in [6.07, 6.45) is 13.7. The van der Waals surface area contributed by atoms with Gasteiger partial charge in [-0.15, -0.1) is 0 Å². The van der Waals surface area contributed by atoms with Gasteiger partial charge in [0.1, 0.15) is 0 Å². The summed E-state index contributed by atoms with van der Waals surface area (Å²) in [5, 5.41) is 0. The predicted octanol–water partition coefficient (Wildman–Crippen LogP) is 4.66. The Morgan fingerprint density at radius 2 is 1.62 bits per heavy atom. The lowest BCUT2D eigenvalue weighted by atomic mass is 10.1. The first-order valence-corrected chi connectivity index (χ1v) is 9.24. The molecule has 21 heavy (non-hydrogen) atoms. The summed E-state index contributed by atoms with van der Waals surface area (Å²) in [5.41, 5.74) is 0. The third-order valence-electron chi connectivity index (χ3n) is 4.24. The van der Waals surface area contributed by atoms with Gasteiger partial charge in [-0.1, -0.05) is 58.3 Å². The zero-order chi connectivity index (χ0) is 15.2. The minimum absolute atomic E-state index is 0.818. The molecular weight excluding hydrogens is 260 g/mol. The van der Waals surface area contributed by atoms with Gasteiger partial charge < -0.3 is 9.64 Å². The van der Waals surface area contributed by atoms with Crippen LogP contribution in [0.4, 0.5) is 0 Å². The van der Waals surface area contributed by atoms with E-state index in [4.69, 9.17) is 4.74 Å². The molecule has 3 heteroatoms. The lowest BCUT2D eigenvalue weighted by molar-refractivity contribution is 0.134. The molecule has 0 spiro atoms. The van der Waals surface area contributed by atoms with Gasteiger partial charge in [0.25, 0.3) is 0 Å². The Morgan fingerprint density at radius 3 is 2.29 bits per heavy atom. The van der Waals surface area contributed by atoms with Crippen molar-refractivity contribution < 1.29 is 4.74 Å². The Hall–Kier alpha value is -0.570. The zero-order valence-electron chi connectivity index (χ0n) is 14.4. The van der Waals surface area contributed by atoms with Crippen molar-refractivity contribution in [2.75, 3.05) is 32.8 Å². The Morgan fingerprint density at radius 1 is 0.952 bits per heavy atom. The Balaban J connectivity index is 1.94. The molecule has 0 aromatic carbocycles. The van der Waals surface area contributed by atoms with Crippen molar-refractivity contribution in [2.24, 2.45) is 4.99 Å². The minimum Gasteiger partial charge on any atom is -0.380 e. The Bertz CT molecular complexity index is 266. The van der Waals surface area contributed by atoms with Gasteiger partial charge in [-0.3, -0.25) is 4.99 Å². The molecule has 0 N–H and O–H groups in total. The maximum absolute atomic E-state index is 5.44. The van der Waals surface area contributed by atoms with Gasteiger partial charge in [-0.2, -0.15) is 0 Å². The van der Waals surface area contributed by atoms with Crippen LogP contribution in [-0.2, 0) is 4.74 Å². The molecule has 124 valence electrons. The number of unbranched alkanes of at least 4 members (excludes halogenated alkanes) is 8. The highest BCUT2D eigenvalue weighted by Gasteiger charge is 2.15. The van der Waals surface area contributed by atoms with E-state index >= 15 is 0 Å². The Labute approximate surface area is 132 Å². The molecule has 0 atom stereocenters. The van der Waals surface area contributed by atoms with Crippen LogP contribution in [0.15, 0.2) is 4.99 Å². The van der Waals surface area contributed by atoms with E-state index in [1.807, 2.05) is 0 Å². The minimum atomic E-state index is 0.818. The molecule has 0 amide bonds.